The summed E-state index contributed by atoms with van der Waals surface area (Å²) in [6, 6.07) is 8.13. The number of benzene rings is 1. The van der Waals surface area contributed by atoms with Crippen molar-refractivity contribution in [1.29, 1.82) is 0 Å². The average molecular weight is 228 g/mol. The number of hydrogen-bond acceptors (Lipinski definition) is 2. The predicted octanol–water partition coefficient (Wildman–Crippen LogP) is 2.76. The minimum Gasteiger partial charge on any atom is -0.396 e. The highest BCUT2D eigenvalue weighted by Crippen LogP contribution is 2.21. The maximum atomic E-state index is 8.64. The Morgan fingerprint density at radius 2 is 2.07 bits per heavy atom. The van der Waals surface area contributed by atoms with Gasteiger partial charge in [0.2, 0.25) is 0 Å². The first-order chi connectivity index (χ1) is 7.25. The lowest BCUT2D eigenvalue weighted by Gasteiger charge is -2.15. The minimum atomic E-state index is 0.261. The topological polar surface area (TPSA) is 32.3 Å². The number of nitrogens with one attached hydrogen (secondary N) is 1. The third-order valence-electron chi connectivity index (χ3n) is 2.41. The highest BCUT2D eigenvalue weighted by molar-refractivity contribution is 6.31. The van der Waals surface area contributed by atoms with E-state index in [1.54, 1.807) is 0 Å². The van der Waals surface area contributed by atoms with Gasteiger partial charge in [0.1, 0.15) is 0 Å². The molecule has 1 rings (SSSR count). The van der Waals surface area contributed by atoms with Crippen LogP contribution in [0, 0.1) is 0 Å². The second-order valence-corrected chi connectivity index (χ2v) is 4.04. The molecule has 0 amide bonds. The van der Waals surface area contributed by atoms with E-state index in [0.29, 0.717) is 0 Å². The van der Waals surface area contributed by atoms with Crippen molar-refractivity contribution in [3.63, 3.8) is 0 Å². The summed E-state index contributed by atoms with van der Waals surface area (Å²) < 4.78 is 0. The normalized spacial score (nSPS) is 12.7. The molecule has 15 heavy (non-hydrogen) atoms. The van der Waals surface area contributed by atoms with Crippen molar-refractivity contribution in [2.45, 2.75) is 25.8 Å². The molecular weight excluding hydrogens is 210 g/mol. The van der Waals surface area contributed by atoms with Gasteiger partial charge in [-0.15, -0.1) is 0 Å². The zero-order valence-electron chi connectivity index (χ0n) is 9.04. The molecule has 0 saturated heterocycles. The quantitative estimate of drug-likeness (QED) is 0.733. The van der Waals surface area contributed by atoms with E-state index in [-0.39, 0.29) is 12.6 Å². The Hall–Kier alpha value is -0.570. The first-order valence-corrected chi connectivity index (χ1v) is 5.72. The number of aliphatic hydroxyl groups is 1. The van der Waals surface area contributed by atoms with Crippen molar-refractivity contribution in [2.24, 2.45) is 0 Å². The Kier molecular flexibility index (Phi) is 5.69. The molecule has 1 aromatic carbocycles. The van der Waals surface area contributed by atoms with Crippen molar-refractivity contribution in [3.8, 4) is 0 Å². The summed E-state index contributed by atoms with van der Waals surface area (Å²) in [5, 5.41) is 12.8. The molecular formula is C12H18ClNO. The van der Waals surface area contributed by atoms with Gasteiger partial charge < -0.3 is 10.4 Å². The standard InChI is InChI=1S/C12H18ClNO/c1-10(14-8-4-5-9-15)11-6-2-3-7-12(11)13/h2-3,6-7,10,14-15H,4-5,8-9H2,1H3. The van der Waals surface area contributed by atoms with E-state index >= 15 is 0 Å². The molecule has 2 N–H and O–H groups in total. The Balaban J connectivity index is 2.40. The third-order valence-corrected chi connectivity index (χ3v) is 2.75. The van der Waals surface area contributed by atoms with Crippen molar-refractivity contribution >= 4 is 11.6 Å². The highest BCUT2D eigenvalue weighted by atomic mass is 35.5. The fourth-order valence-electron chi connectivity index (χ4n) is 1.49. The monoisotopic (exact) mass is 227 g/mol. The van der Waals surface area contributed by atoms with E-state index in [9.17, 15) is 0 Å². The molecule has 0 aliphatic heterocycles. The third kappa shape index (κ3) is 4.20. The van der Waals surface area contributed by atoms with Crippen LogP contribution in [0.15, 0.2) is 24.3 Å². The Labute approximate surface area is 96.3 Å². The summed E-state index contributed by atoms with van der Waals surface area (Å²) in [6.45, 7) is 3.27. The molecule has 1 unspecified atom stereocenters. The van der Waals surface area contributed by atoms with E-state index in [4.69, 9.17) is 16.7 Å². The van der Waals surface area contributed by atoms with Crippen LogP contribution < -0.4 is 5.32 Å². The van der Waals surface area contributed by atoms with Crippen molar-refractivity contribution in [1.82, 2.24) is 5.32 Å². The van der Waals surface area contributed by atoms with Crippen molar-refractivity contribution < 1.29 is 5.11 Å². The highest BCUT2D eigenvalue weighted by Gasteiger charge is 2.07. The molecule has 1 atom stereocenters. The molecule has 84 valence electrons. The molecule has 0 spiro atoms. The van der Waals surface area contributed by atoms with Crippen LogP contribution in [0.1, 0.15) is 31.4 Å². The number of unbranched alkanes of at least 4 members (excludes halogenated alkanes) is 1. The number of aliphatic hydroxyl groups excluding tert-OH is 1. The van der Waals surface area contributed by atoms with Gasteiger partial charge in [0.25, 0.3) is 0 Å². The van der Waals surface area contributed by atoms with E-state index in [1.165, 1.54) is 0 Å². The Morgan fingerprint density at radius 1 is 1.33 bits per heavy atom. The van der Waals surface area contributed by atoms with E-state index in [2.05, 4.69) is 12.2 Å². The van der Waals surface area contributed by atoms with Gasteiger partial charge in [-0.05, 0) is 37.9 Å². The SMILES string of the molecule is CC(NCCCCO)c1ccccc1Cl. The summed E-state index contributed by atoms with van der Waals surface area (Å²) >= 11 is 6.08. The van der Waals surface area contributed by atoms with Crippen LogP contribution in [0.2, 0.25) is 5.02 Å². The molecule has 2 nitrogen and oxygen atoms in total. The maximum Gasteiger partial charge on any atom is 0.0453 e. The molecule has 0 heterocycles. The molecule has 3 heteroatoms. The summed E-state index contributed by atoms with van der Waals surface area (Å²) in [4.78, 5) is 0. The zero-order chi connectivity index (χ0) is 11.1. The first-order valence-electron chi connectivity index (χ1n) is 5.34. The van der Waals surface area contributed by atoms with Crippen LogP contribution in [0.25, 0.3) is 0 Å². The van der Waals surface area contributed by atoms with Crippen LogP contribution in [0.3, 0.4) is 0 Å². The number of halogens is 1. The summed E-state index contributed by atoms with van der Waals surface area (Å²) in [7, 11) is 0. The number of hydrogen-bond donors (Lipinski definition) is 2. The van der Waals surface area contributed by atoms with Gasteiger partial charge in [-0.1, -0.05) is 29.8 Å². The Bertz CT molecular complexity index is 291. The van der Waals surface area contributed by atoms with Crippen molar-refractivity contribution in [3.05, 3.63) is 34.9 Å². The lowest BCUT2D eigenvalue weighted by Crippen LogP contribution is -2.20. The lowest BCUT2D eigenvalue weighted by molar-refractivity contribution is 0.283. The molecule has 0 aromatic heterocycles. The fraction of sp³-hybridized carbons (Fsp3) is 0.500. The molecule has 0 aliphatic rings. The van der Waals surface area contributed by atoms with Gasteiger partial charge in [-0.25, -0.2) is 0 Å². The van der Waals surface area contributed by atoms with Crippen molar-refractivity contribution in [2.75, 3.05) is 13.2 Å². The zero-order valence-corrected chi connectivity index (χ0v) is 9.80. The van der Waals surface area contributed by atoms with Gasteiger partial charge in [0.15, 0.2) is 0 Å². The lowest BCUT2D eigenvalue weighted by atomic mass is 10.1. The second-order valence-electron chi connectivity index (χ2n) is 3.63. The number of rotatable bonds is 6. The maximum absolute atomic E-state index is 8.64. The molecule has 1 aromatic rings. The molecule has 0 bridgehead atoms. The smallest absolute Gasteiger partial charge is 0.0453 e. The van der Waals surface area contributed by atoms with Gasteiger partial charge in [0.05, 0.1) is 0 Å². The summed E-state index contributed by atoms with van der Waals surface area (Å²) in [6.07, 6.45) is 1.84. The average Bonchev–Trinajstić information content (AvgIpc) is 2.25. The van der Waals surface area contributed by atoms with Crippen LogP contribution in [-0.2, 0) is 0 Å². The first kappa shape index (κ1) is 12.5. The van der Waals surface area contributed by atoms with E-state index in [1.807, 2.05) is 24.3 Å². The molecule has 0 fully saturated rings. The molecule has 0 saturated carbocycles. The predicted molar refractivity (Wildman–Crippen MR) is 64.2 cm³/mol. The van der Waals surface area contributed by atoms with Gasteiger partial charge >= 0.3 is 0 Å². The fourth-order valence-corrected chi connectivity index (χ4v) is 1.79. The van der Waals surface area contributed by atoms with Gasteiger partial charge in [-0.3, -0.25) is 0 Å². The van der Waals surface area contributed by atoms with Gasteiger partial charge in [-0.2, -0.15) is 0 Å². The minimum absolute atomic E-state index is 0.261. The summed E-state index contributed by atoms with van der Waals surface area (Å²) in [5.41, 5.74) is 1.13. The Morgan fingerprint density at radius 3 is 2.73 bits per heavy atom. The molecule has 0 aliphatic carbocycles. The van der Waals surface area contributed by atoms with E-state index in [0.717, 1.165) is 30.0 Å². The van der Waals surface area contributed by atoms with Gasteiger partial charge in [0, 0.05) is 17.7 Å². The van der Waals surface area contributed by atoms with Crippen LogP contribution >= 0.6 is 11.6 Å². The van der Waals surface area contributed by atoms with Crippen LogP contribution in [0.4, 0.5) is 0 Å². The second kappa shape index (κ2) is 6.83. The largest absolute Gasteiger partial charge is 0.396 e. The van der Waals surface area contributed by atoms with Crippen LogP contribution in [0.5, 0.6) is 0 Å². The molecule has 0 radical (unpaired) electrons. The van der Waals surface area contributed by atoms with Crippen LogP contribution in [-0.4, -0.2) is 18.3 Å². The summed E-state index contributed by atoms with van der Waals surface area (Å²) in [5.74, 6) is 0. The van der Waals surface area contributed by atoms with E-state index < -0.39 is 0 Å².